The molecule has 2 aromatic carbocycles. The van der Waals surface area contributed by atoms with Crippen molar-refractivity contribution in [1.29, 1.82) is 0 Å². The van der Waals surface area contributed by atoms with Gasteiger partial charge in [0, 0.05) is 11.4 Å². The fourth-order valence-corrected chi connectivity index (χ4v) is 2.15. The van der Waals surface area contributed by atoms with Crippen LogP contribution in [0.2, 0.25) is 0 Å². The normalized spacial score (nSPS) is 10.1. The number of anilines is 2. The monoisotopic (exact) mass is 390 g/mol. The first-order valence-electron chi connectivity index (χ1n) is 5.73. The molecule has 0 saturated heterocycles. The van der Waals surface area contributed by atoms with Crippen LogP contribution >= 0.6 is 0 Å². The van der Waals surface area contributed by atoms with Crippen molar-refractivity contribution in [2.75, 3.05) is 9.44 Å². The zero-order valence-corrected chi connectivity index (χ0v) is 18.7. The average molecular weight is 390 g/mol. The Morgan fingerprint density at radius 3 is 1.04 bits per heavy atom. The van der Waals surface area contributed by atoms with Crippen molar-refractivity contribution in [2.45, 2.75) is 0 Å². The van der Waals surface area contributed by atoms with Crippen LogP contribution in [0, 0.1) is 0 Å². The summed E-state index contributed by atoms with van der Waals surface area (Å²) in [6.07, 6.45) is 0. The summed E-state index contributed by atoms with van der Waals surface area (Å²) in [5.41, 5.74) is 0.560. The number of nitrogens with one attached hydrogen (secondary N) is 2. The predicted molar refractivity (Wildman–Crippen MR) is 79.5 cm³/mol. The van der Waals surface area contributed by atoms with Crippen LogP contribution in [0.1, 0.15) is 0 Å². The molecule has 0 heterocycles. The average Bonchev–Trinajstić information content (AvgIpc) is 2.38. The molecule has 0 radical (unpaired) electrons. The molecular formula is C12H12N2Na2O6S2. The molecule has 120 valence electrons. The van der Waals surface area contributed by atoms with E-state index in [1.165, 1.54) is 24.3 Å². The molecule has 0 atom stereocenters. The van der Waals surface area contributed by atoms with Gasteiger partial charge in [0.2, 0.25) is 0 Å². The van der Waals surface area contributed by atoms with Crippen LogP contribution < -0.4 is 68.6 Å². The van der Waals surface area contributed by atoms with Gasteiger partial charge in [0.1, 0.15) is 0 Å². The number of para-hydroxylation sites is 2. The topological polar surface area (TPSA) is 138 Å². The van der Waals surface area contributed by atoms with Crippen molar-refractivity contribution in [1.82, 2.24) is 0 Å². The SMILES string of the molecule is O=S(=O)([O-])Nc1ccccc1.O=S(=O)([O-])Nc1ccccc1.[Na+].[Na+]. The summed E-state index contributed by atoms with van der Waals surface area (Å²) in [6.45, 7) is 0. The van der Waals surface area contributed by atoms with E-state index in [0.29, 0.717) is 0 Å². The Morgan fingerprint density at radius 1 is 0.583 bits per heavy atom. The molecule has 0 aliphatic carbocycles. The summed E-state index contributed by atoms with van der Waals surface area (Å²) in [6, 6.07) is 16.0. The Balaban J connectivity index is 0. The summed E-state index contributed by atoms with van der Waals surface area (Å²) in [5, 5.41) is 0. The van der Waals surface area contributed by atoms with Crippen LogP contribution in [0.5, 0.6) is 0 Å². The molecule has 2 rings (SSSR count). The molecule has 8 nitrogen and oxygen atoms in total. The van der Waals surface area contributed by atoms with E-state index in [2.05, 4.69) is 0 Å². The molecule has 0 aromatic heterocycles. The van der Waals surface area contributed by atoms with E-state index in [9.17, 15) is 25.9 Å². The largest absolute Gasteiger partial charge is 1.00 e. The fraction of sp³-hybridized carbons (Fsp3) is 0. The standard InChI is InChI=1S/2C6H7NO3S.2Na/c2*8-11(9,10)7-6-4-2-1-3-5-6;;/h2*1-5,7H,(H,8,9,10);;/q;;2*+1/p-2. The zero-order chi connectivity index (χ0) is 16.6. The van der Waals surface area contributed by atoms with Crippen LogP contribution in [0.15, 0.2) is 60.7 Å². The molecule has 0 unspecified atom stereocenters. The van der Waals surface area contributed by atoms with Crippen molar-refractivity contribution in [2.24, 2.45) is 0 Å². The first kappa shape index (κ1) is 26.1. The molecule has 0 amide bonds. The van der Waals surface area contributed by atoms with E-state index in [4.69, 9.17) is 0 Å². The molecule has 0 spiro atoms. The summed E-state index contributed by atoms with van der Waals surface area (Å²) in [5.74, 6) is 0. The van der Waals surface area contributed by atoms with E-state index >= 15 is 0 Å². The summed E-state index contributed by atoms with van der Waals surface area (Å²) < 4.78 is 64.4. The zero-order valence-electron chi connectivity index (χ0n) is 13.0. The minimum Gasteiger partial charge on any atom is -0.731 e. The van der Waals surface area contributed by atoms with Gasteiger partial charge in [-0.1, -0.05) is 36.4 Å². The van der Waals surface area contributed by atoms with Gasteiger partial charge in [-0.3, -0.25) is 9.44 Å². The maximum absolute atomic E-state index is 10.1. The van der Waals surface area contributed by atoms with Gasteiger partial charge < -0.3 is 9.11 Å². The third-order valence-corrected chi connectivity index (χ3v) is 3.00. The van der Waals surface area contributed by atoms with E-state index in [0.717, 1.165) is 0 Å². The van der Waals surface area contributed by atoms with Gasteiger partial charge in [-0.2, -0.15) is 0 Å². The molecule has 24 heavy (non-hydrogen) atoms. The molecular weight excluding hydrogens is 378 g/mol. The van der Waals surface area contributed by atoms with Crippen molar-refractivity contribution >= 4 is 32.0 Å². The van der Waals surface area contributed by atoms with Crippen molar-refractivity contribution in [3.05, 3.63) is 60.7 Å². The van der Waals surface area contributed by atoms with E-state index < -0.39 is 20.6 Å². The van der Waals surface area contributed by atoms with E-state index in [-0.39, 0.29) is 70.5 Å². The molecule has 2 aromatic rings. The predicted octanol–water partition coefficient (Wildman–Crippen LogP) is -4.87. The Hall–Kier alpha value is -0.140. The van der Waals surface area contributed by atoms with Crippen LogP contribution in [-0.2, 0) is 20.6 Å². The summed E-state index contributed by atoms with van der Waals surface area (Å²) in [7, 11) is -8.75. The van der Waals surface area contributed by atoms with Crippen molar-refractivity contribution < 1.29 is 85.1 Å². The summed E-state index contributed by atoms with van der Waals surface area (Å²) in [4.78, 5) is 0. The maximum Gasteiger partial charge on any atom is 1.00 e. The first-order chi connectivity index (χ1) is 10.2. The fourth-order valence-electron chi connectivity index (χ4n) is 1.30. The second kappa shape index (κ2) is 12.3. The number of rotatable bonds is 4. The van der Waals surface area contributed by atoms with Crippen LogP contribution in [-0.4, -0.2) is 25.9 Å². The molecule has 0 aliphatic rings. The van der Waals surface area contributed by atoms with Gasteiger partial charge in [0.05, 0.1) is 0 Å². The Morgan fingerprint density at radius 2 is 0.833 bits per heavy atom. The van der Waals surface area contributed by atoms with Gasteiger partial charge in [0.25, 0.3) is 0 Å². The van der Waals surface area contributed by atoms with Gasteiger partial charge in [-0.15, -0.1) is 0 Å². The van der Waals surface area contributed by atoms with Gasteiger partial charge in [-0.25, -0.2) is 16.8 Å². The smallest absolute Gasteiger partial charge is 0.731 e. The van der Waals surface area contributed by atoms with Crippen LogP contribution in [0.25, 0.3) is 0 Å². The molecule has 0 fully saturated rings. The second-order valence-corrected chi connectivity index (χ2v) is 6.07. The third kappa shape index (κ3) is 14.2. The Kier molecular flexibility index (Phi) is 13.3. The second-order valence-electron chi connectivity index (χ2n) is 3.84. The molecule has 12 heteroatoms. The maximum atomic E-state index is 10.1. The Labute approximate surface area is 185 Å². The molecule has 0 aliphatic heterocycles. The number of hydrogen-bond acceptors (Lipinski definition) is 6. The van der Waals surface area contributed by atoms with E-state index in [1.807, 2.05) is 0 Å². The summed E-state index contributed by atoms with van der Waals surface area (Å²) >= 11 is 0. The molecule has 0 bridgehead atoms. The minimum atomic E-state index is -4.38. The number of hydrogen-bond donors (Lipinski definition) is 2. The number of benzene rings is 2. The van der Waals surface area contributed by atoms with Gasteiger partial charge >= 0.3 is 59.1 Å². The van der Waals surface area contributed by atoms with Crippen LogP contribution in [0.4, 0.5) is 11.4 Å². The van der Waals surface area contributed by atoms with Crippen molar-refractivity contribution in [3.8, 4) is 0 Å². The Bertz CT molecular complexity index is 717. The van der Waals surface area contributed by atoms with E-state index in [1.54, 1.807) is 45.8 Å². The molecule has 2 N–H and O–H groups in total. The van der Waals surface area contributed by atoms with Gasteiger partial charge in [0.15, 0.2) is 20.6 Å². The first-order valence-corrected chi connectivity index (χ1v) is 8.55. The minimum absolute atomic E-state index is 0. The van der Waals surface area contributed by atoms with Gasteiger partial charge in [-0.05, 0) is 24.3 Å². The van der Waals surface area contributed by atoms with Crippen molar-refractivity contribution in [3.63, 3.8) is 0 Å². The van der Waals surface area contributed by atoms with Crippen LogP contribution in [0.3, 0.4) is 0 Å². The quantitative estimate of drug-likeness (QED) is 0.397. The molecule has 0 saturated carbocycles. The third-order valence-electron chi connectivity index (χ3n) is 2.03.